The summed E-state index contributed by atoms with van der Waals surface area (Å²) in [6.45, 7) is 4.53. The van der Waals surface area contributed by atoms with E-state index in [-0.39, 0.29) is 0 Å². The van der Waals surface area contributed by atoms with Crippen LogP contribution in [0.1, 0.15) is 33.1 Å². The lowest BCUT2D eigenvalue weighted by Crippen LogP contribution is -2.09. The molecule has 0 heterocycles. The van der Waals surface area contributed by atoms with E-state index in [1.165, 1.54) is 24.8 Å². The molecule has 1 unspecified atom stereocenters. The fraction of sp³-hybridized carbons (Fsp3) is 0.429. The second-order valence-electron chi connectivity index (χ2n) is 4.30. The average Bonchev–Trinajstić information content (AvgIpc) is 2.20. The molecule has 1 atom stereocenters. The Morgan fingerprint density at radius 3 is 2.79 bits per heavy atom. The van der Waals surface area contributed by atoms with Crippen molar-refractivity contribution in [2.75, 3.05) is 0 Å². The molecule has 74 valence electrons. The highest BCUT2D eigenvalue weighted by atomic mass is 14.2. The molecule has 0 N–H and O–H groups in total. The minimum Gasteiger partial charge on any atom is -0.0839 e. The third-order valence-electron chi connectivity index (χ3n) is 3.27. The van der Waals surface area contributed by atoms with Crippen LogP contribution in [0.25, 0.3) is 0 Å². The van der Waals surface area contributed by atoms with Gasteiger partial charge in [0.15, 0.2) is 0 Å². The molecule has 0 nitrogen and oxygen atoms in total. The van der Waals surface area contributed by atoms with E-state index in [1.54, 1.807) is 11.1 Å². The third kappa shape index (κ3) is 1.75. The molecule has 2 aliphatic carbocycles. The van der Waals surface area contributed by atoms with Gasteiger partial charge in [-0.2, -0.15) is 0 Å². The van der Waals surface area contributed by atoms with E-state index in [2.05, 4.69) is 44.2 Å². The molecule has 0 bridgehead atoms. The second kappa shape index (κ2) is 4.00. The van der Waals surface area contributed by atoms with E-state index in [0.717, 1.165) is 0 Å². The Labute approximate surface area is 86.7 Å². The van der Waals surface area contributed by atoms with Gasteiger partial charge >= 0.3 is 0 Å². The van der Waals surface area contributed by atoms with E-state index in [9.17, 15) is 0 Å². The first-order valence-electron chi connectivity index (χ1n) is 5.48. The predicted octanol–water partition coefficient (Wildman–Crippen LogP) is 4.18. The second-order valence-corrected chi connectivity index (χ2v) is 4.30. The van der Waals surface area contributed by atoms with Crippen LogP contribution in [-0.4, -0.2) is 0 Å². The molecule has 0 radical (unpaired) electrons. The smallest absolute Gasteiger partial charge is 0.00824 e. The van der Waals surface area contributed by atoms with Crippen molar-refractivity contribution >= 4 is 0 Å². The summed E-state index contributed by atoms with van der Waals surface area (Å²) in [4.78, 5) is 0. The van der Waals surface area contributed by atoms with Gasteiger partial charge in [0.2, 0.25) is 0 Å². The van der Waals surface area contributed by atoms with Crippen LogP contribution in [0.4, 0.5) is 0 Å². The number of allylic oxidation sites excluding steroid dienone is 8. The first-order chi connectivity index (χ1) is 6.79. The summed E-state index contributed by atoms with van der Waals surface area (Å²) in [6, 6.07) is 0. The van der Waals surface area contributed by atoms with Crippen molar-refractivity contribution in [1.29, 1.82) is 0 Å². The molecule has 0 aromatic carbocycles. The molecule has 0 fully saturated rings. The van der Waals surface area contributed by atoms with Crippen molar-refractivity contribution in [2.24, 2.45) is 5.92 Å². The molecule has 2 aliphatic rings. The fourth-order valence-corrected chi connectivity index (χ4v) is 2.32. The van der Waals surface area contributed by atoms with E-state index >= 15 is 0 Å². The van der Waals surface area contributed by atoms with Crippen LogP contribution in [0.2, 0.25) is 0 Å². The Balaban J connectivity index is 2.27. The van der Waals surface area contributed by atoms with Gasteiger partial charge in [0.1, 0.15) is 0 Å². The van der Waals surface area contributed by atoms with Crippen LogP contribution in [0.15, 0.2) is 47.1 Å². The maximum Gasteiger partial charge on any atom is 0.00824 e. The minimum absolute atomic E-state index is 0.650. The standard InChI is InChI=1S/C14H18/c1-11-7-3-5-9-13(11)14-10-6-4-8-12(14)2/h3,5-7,10,13H,4,8-9H2,1-2H3. The van der Waals surface area contributed by atoms with Gasteiger partial charge in [0.25, 0.3) is 0 Å². The molecule has 0 aromatic heterocycles. The zero-order valence-corrected chi connectivity index (χ0v) is 9.09. The van der Waals surface area contributed by atoms with Crippen molar-refractivity contribution in [3.63, 3.8) is 0 Å². The minimum atomic E-state index is 0.650. The summed E-state index contributed by atoms with van der Waals surface area (Å²) in [5.41, 5.74) is 4.66. The highest BCUT2D eigenvalue weighted by Gasteiger charge is 2.18. The number of hydrogen-bond donors (Lipinski definition) is 0. The fourth-order valence-electron chi connectivity index (χ4n) is 2.32. The quantitative estimate of drug-likeness (QED) is 0.576. The molecule has 0 heteroatoms. The lowest BCUT2D eigenvalue weighted by atomic mass is 9.81. The summed E-state index contributed by atoms with van der Waals surface area (Å²) in [5, 5.41) is 0. The van der Waals surface area contributed by atoms with Gasteiger partial charge in [-0.15, -0.1) is 0 Å². The zero-order chi connectivity index (χ0) is 9.97. The van der Waals surface area contributed by atoms with Crippen LogP contribution < -0.4 is 0 Å². The van der Waals surface area contributed by atoms with Crippen molar-refractivity contribution < 1.29 is 0 Å². The average molecular weight is 186 g/mol. The van der Waals surface area contributed by atoms with E-state index < -0.39 is 0 Å². The summed E-state index contributed by atoms with van der Waals surface area (Å²) in [7, 11) is 0. The maximum absolute atomic E-state index is 2.33. The molecular weight excluding hydrogens is 168 g/mol. The molecular formula is C14H18. The molecule has 0 spiro atoms. The van der Waals surface area contributed by atoms with Crippen LogP contribution in [0, 0.1) is 5.92 Å². The largest absolute Gasteiger partial charge is 0.0839 e. The lowest BCUT2D eigenvalue weighted by Gasteiger charge is -2.24. The van der Waals surface area contributed by atoms with Gasteiger partial charge in [-0.1, -0.05) is 41.5 Å². The Bertz CT molecular complexity index is 337. The summed E-state index contributed by atoms with van der Waals surface area (Å²) in [5.74, 6) is 0.650. The number of rotatable bonds is 1. The van der Waals surface area contributed by atoms with Crippen molar-refractivity contribution in [1.82, 2.24) is 0 Å². The first kappa shape index (κ1) is 9.51. The first-order valence-corrected chi connectivity index (χ1v) is 5.48. The Morgan fingerprint density at radius 1 is 1.21 bits per heavy atom. The van der Waals surface area contributed by atoms with E-state index in [1.807, 2.05) is 0 Å². The Morgan fingerprint density at radius 2 is 2.07 bits per heavy atom. The number of hydrogen-bond acceptors (Lipinski definition) is 0. The van der Waals surface area contributed by atoms with Crippen molar-refractivity contribution in [3.8, 4) is 0 Å². The van der Waals surface area contributed by atoms with Gasteiger partial charge in [0.05, 0.1) is 0 Å². The van der Waals surface area contributed by atoms with Gasteiger partial charge < -0.3 is 0 Å². The third-order valence-corrected chi connectivity index (χ3v) is 3.27. The summed E-state index contributed by atoms with van der Waals surface area (Å²) in [6.07, 6.45) is 15.0. The molecule has 0 saturated carbocycles. The van der Waals surface area contributed by atoms with Crippen molar-refractivity contribution in [3.05, 3.63) is 47.1 Å². The molecule has 0 aliphatic heterocycles. The highest BCUT2D eigenvalue weighted by molar-refractivity contribution is 5.38. The Hall–Kier alpha value is -1.04. The van der Waals surface area contributed by atoms with Crippen LogP contribution in [0.5, 0.6) is 0 Å². The molecule has 0 amide bonds. The van der Waals surface area contributed by atoms with Crippen LogP contribution in [-0.2, 0) is 0 Å². The van der Waals surface area contributed by atoms with E-state index in [0.29, 0.717) is 5.92 Å². The van der Waals surface area contributed by atoms with Crippen LogP contribution >= 0.6 is 0 Å². The molecule has 2 rings (SSSR count). The molecule has 0 aromatic rings. The maximum atomic E-state index is 2.33. The highest BCUT2D eigenvalue weighted by Crippen LogP contribution is 2.33. The molecule has 14 heavy (non-hydrogen) atoms. The van der Waals surface area contributed by atoms with Gasteiger partial charge in [-0.3, -0.25) is 0 Å². The van der Waals surface area contributed by atoms with E-state index in [4.69, 9.17) is 0 Å². The van der Waals surface area contributed by atoms with Crippen LogP contribution in [0.3, 0.4) is 0 Å². The predicted molar refractivity (Wildman–Crippen MR) is 62.1 cm³/mol. The van der Waals surface area contributed by atoms with Gasteiger partial charge in [0, 0.05) is 5.92 Å². The summed E-state index contributed by atoms with van der Waals surface area (Å²) < 4.78 is 0. The van der Waals surface area contributed by atoms with Gasteiger partial charge in [-0.05, 0) is 38.7 Å². The topological polar surface area (TPSA) is 0 Å². The zero-order valence-electron chi connectivity index (χ0n) is 9.09. The van der Waals surface area contributed by atoms with Gasteiger partial charge in [-0.25, -0.2) is 0 Å². The monoisotopic (exact) mass is 186 g/mol. The summed E-state index contributed by atoms with van der Waals surface area (Å²) >= 11 is 0. The Kier molecular flexibility index (Phi) is 2.72. The SMILES string of the molecule is CC1=CC=CCC1C1=C(C)CCC=C1. The normalized spacial score (nSPS) is 26.7. The van der Waals surface area contributed by atoms with Crippen molar-refractivity contribution in [2.45, 2.75) is 33.1 Å². The molecule has 0 saturated heterocycles. The lowest BCUT2D eigenvalue weighted by molar-refractivity contribution is 0.708.